The van der Waals surface area contributed by atoms with Gasteiger partial charge < -0.3 is 15.2 Å². The molecule has 106 valence electrons. The van der Waals surface area contributed by atoms with E-state index >= 15 is 0 Å². The molecule has 0 bridgehead atoms. The van der Waals surface area contributed by atoms with Crippen LogP contribution in [-0.4, -0.2) is 36.2 Å². The molecule has 0 radical (unpaired) electrons. The van der Waals surface area contributed by atoms with E-state index in [1.807, 2.05) is 27.7 Å². The molecule has 0 unspecified atom stereocenters. The number of ether oxygens (including phenoxy) is 1. The number of aliphatic carboxylic acids is 1. The first-order chi connectivity index (χ1) is 8.23. The number of hydrogen-bond acceptors (Lipinski definition) is 3. The standard InChI is InChI=1S/C13H25NO4/c1-10(2)18-9-11(15)14-8-7-13(3,4)6-5-12(16)17/h10H,5-9H2,1-4H3,(H,14,15)(H,16,17). The zero-order chi connectivity index (χ0) is 14.2. The van der Waals surface area contributed by atoms with Crippen LogP contribution in [0.5, 0.6) is 0 Å². The third-order valence-electron chi connectivity index (χ3n) is 2.69. The smallest absolute Gasteiger partial charge is 0.303 e. The predicted octanol–water partition coefficient (Wildman–Crippen LogP) is 1.81. The van der Waals surface area contributed by atoms with Crippen molar-refractivity contribution in [3.63, 3.8) is 0 Å². The van der Waals surface area contributed by atoms with Gasteiger partial charge in [0, 0.05) is 13.0 Å². The number of amides is 1. The van der Waals surface area contributed by atoms with Crippen molar-refractivity contribution in [2.75, 3.05) is 13.2 Å². The average molecular weight is 259 g/mol. The molecule has 0 aliphatic heterocycles. The van der Waals surface area contributed by atoms with Crippen LogP contribution < -0.4 is 5.32 Å². The molecule has 0 aromatic carbocycles. The minimum atomic E-state index is -0.780. The van der Waals surface area contributed by atoms with Gasteiger partial charge in [0.25, 0.3) is 0 Å². The van der Waals surface area contributed by atoms with E-state index in [0.717, 1.165) is 6.42 Å². The lowest BCUT2D eigenvalue weighted by Gasteiger charge is -2.23. The van der Waals surface area contributed by atoms with Gasteiger partial charge in [-0.2, -0.15) is 0 Å². The van der Waals surface area contributed by atoms with Crippen molar-refractivity contribution in [2.45, 2.75) is 53.1 Å². The molecule has 0 aromatic heterocycles. The van der Waals surface area contributed by atoms with Gasteiger partial charge in [-0.25, -0.2) is 0 Å². The Labute approximate surface area is 109 Å². The van der Waals surface area contributed by atoms with Crippen LogP contribution in [0.25, 0.3) is 0 Å². The number of hydrogen-bond donors (Lipinski definition) is 2. The molecule has 2 N–H and O–H groups in total. The molecular formula is C13H25NO4. The predicted molar refractivity (Wildman–Crippen MR) is 69.4 cm³/mol. The van der Waals surface area contributed by atoms with Crippen LogP contribution in [0.2, 0.25) is 0 Å². The summed E-state index contributed by atoms with van der Waals surface area (Å²) < 4.78 is 5.18. The minimum absolute atomic E-state index is 0.0442. The van der Waals surface area contributed by atoms with E-state index in [4.69, 9.17) is 9.84 Å². The van der Waals surface area contributed by atoms with Crippen LogP contribution in [0.1, 0.15) is 47.0 Å². The summed E-state index contributed by atoms with van der Waals surface area (Å²) in [5, 5.41) is 11.4. The van der Waals surface area contributed by atoms with Gasteiger partial charge in [0.15, 0.2) is 0 Å². The van der Waals surface area contributed by atoms with Crippen molar-refractivity contribution in [2.24, 2.45) is 5.41 Å². The molecule has 0 aliphatic rings. The van der Waals surface area contributed by atoms with Crippen LogP contribution in [0, 0.1) is 5.41 Å². The van der Waals surface area contributed by atoms with E-state index < -0.39 is 5.97 Å². The second-order valence-corrected chi connectivity index (χ2v) is 5.52. The third kappa shape index (κ3) is 10.1. The van der Waals surface area contributed by atoms with Gasteiger partial charge in [0.1, 0.15) is 6.61 Å². The zero-order valence-electron chi connectivity index (χ0n) is 11.8. The molecule has 1 amide bonds. The van der Waals surface area contributed by atoms with Gasteiger partial charge in [-0.1, -0.05) is 13.8 Å². The quantitative estimate of drug-likeness (QED) is 0.662. The first kappa shape index (κ1) is 16.9. The maximum atomic E-state index is 11.4. The molecule has 0 aromatic rings. The summed E-state index contributed by atoms with van der Waals surface area (Å²) in [6.07, 6.45) is 1.58. The number of rotatable bonds is 9. The van der Waals surface area contributed by atoms with Gasteiger partial charge in [-0.05, 0) is 32.1 Å². The van der Waals surface area contributed by atoms with Crippen LogP contribution in [-0.2, 0) is 14.3 Å². The number of carboxylic acid groups (broad SMARTS) is 1. The Morgan fingerprint density at radius 2 is 1.89 bits per heavy atom. The zero-order valence-corrected chi connectivity index (χ0v) is 11.8. The number of carboxylic acids is 1. The van der Waals surface area contributed by atoms with Crippen molar-refractivity contribution >= 4 is 11.9 Å². The highest BCUT2D eigenvalue weighted by Gasteiger charge is 2.19. The molecule has 0 atom stereocenters. The summed E-state index contributed by atoms with van der Waals surface area (Å²) in [6.45, 7) is 8.39. The van der Waals surface area contributed by atoms with Crippen LogP contribution >= 0.6 is 0 Å². The lowest BCUT2D eigenvalue weighted by Crippen LogP contribution is -2.32. The lowest BCUT2D eigenvalue weighted by molar-refractivity contribution is -0.137. The van der Waals surface area contributed by atoms with Crippen LogP contribution in [0.15, 0.2) is 0 Å². The highest BCUT2D eigenvalue weighted by Crippen LogP contribution is 2.25. The molecule has 0 saturated heterocycles. The summed E-state index contributed by atoms with van der Waals surface area (Å²) in [4.78, 5) is 21.9. The number of carbonyl (C=O) groups excluding carboxylic acids is 1. The van der Waals surface area contributed by atoms with E-state index in [2.05, 4.69) is 5.32 Å². The fraction of sp³-hybridized carbons (Fsp3) is 0.846. The normalized spacial score (nSPS) is 11.6. The van der Waals surface area contributed by atoms with Crippen molar-refractivity contribution in [3.05, 3.63) is 0 Å². The van der Waals surface area contributed by atoms with Crippen molar-refractivity contribution in [1.82, 2.24) is 5.32 Å². The van der Waals surface area contributed by atoms with Crippen molar-refractivity contribution in [3.8, 4) is 0 Å². The van der Waals surface area contributed by atoms with Crippen LogP contribution in [0.4, 0.5) is 0 Å². The SMILES string of the molecule is CC(C)OCC(=O)NCCC(C)(C)CCC(=O)O. The molecule has 0 aliphatic carbocycles. The summed E-state index contributed by atoms with van der Waals surface area (Å²) in [5.74, 6) is -0.907. The fourth-order valence-electron chi connectivity index (χ4n) is 1.40. The second kappa shape index (κ2) is 8.08. The van der Waals surface area contributed by atoms with Gasteiger partial charge in [0.05, 0.1) is 6.10 Å². The Kier molecular flexibility index (Phi) is 7.59. The second-order valence-electron chi connectivity index (χ2n) is 5.52. The maximum Gasteiger partial charge on any atom is 0.303 e. The first-order valence-corrected chi connectivity index (χ1v) is 6.33. The Morgan fingerprint density at radius 3 is 2.39 bits per heavy atom. The molecule has 0 rings (SSSR count). The van der Waals surface area contributed by atoms with Gasteiger partial charge in [-0.15, -0.1) is 0 Å². The van der Waals surface area contributed by atoms with Crippen molar-refractivity contribution < 1.29 is 19.4 Å². The Hall–Kier alpha value is -1.10. The molecule has 0 heterocycles. The van der Waals surface area contributed by atoms with E-state index in [1.165, 1.54) is 0 Å². The molecule has 5 nitrogen and oxygen atoms in total. The van der Waals surface area contributed by atoms with E-state index in [1.54, 1.807) is 0 Å². The van der Waals surface area contributed by atoms with E-state index in [9.17, 15) is 9.59 Å². The summed E-state index contributed by atoms with van der Waals surface area (Å²) in [6, 6.07) is 0. The molecule has 0 saturated carbocycles. The molecular weight excluding hydrogens is 234 g/mol. The molecule has 0 spiro atoms. The number of carbonyl (C=O) groups is 2. The minimum Gasteiger partial charge on any atom is -0.481 e. The monoisotopic (exact) mass is 259 g/mol. The lowest BCUT2D eigenvalue weighted by atomic mass is 9.84. The maximum absolute atomic E-state index is 11.4. The first-order valence-electron chi connectivity index (χ1n) is 6.33. The highest BCUT2D eigenvalue weighted by molar-refractivity contribution is 5.77. The van der Waals surface area contributed by atoms with Gasteiger partial charge in [0.2, 0.25) is 5.91 Å². The fourth-order valence-corrected chi connectivity index (χ4v) is 1.40. The van der Waals surface area contributed by atoms with E-state index in [-0.39, 0.29) is 30.5 Å². The Morgan fingerprint density at radius 1 is 1.28 bits per heavy atom. The molecule has 0 fully saturated rings. The highest BCUT2D eigenvalue weighted by atomic mass is 16.5. The average Bonchev–Trinajstić information content (AvgIpc) is 2.23. The van der Waals surface area contributed by atoms with E-state index in [0.29, 0.717) is 13.0 Å². The molecule has 18 heavy (non-hydrogen) atoms. The topological polar surface area (TPSA) is 75.6 Å². The summed E-state index contributed by atoms with van der Waals surface area (Å²) >= 11 is 0. The summed E-state index contributed by atoms with van der Waals surface area (Å²) in [7, 11) is 0. The van der Waals surface area contributed by atoms with Gasteiger partial charge >= 0.3 is 5.97 Å². The summed E-state index contributed by atoms with van der Waals surface area (Å²) in [5.41, 5.74) is -0.0788. The van der Waals surface area contributed by atoms with Crippen molar-refractivity contribution in [1.29, 1.82) is 0 Å². The number of nitrogens with one attached hydrogen (secondary N) is 1. The Bertz CT molecular complexity index is 274. The van der Waals surface area contributed by atoms with Gasteiger partial charge in [-0.3, -0.25) is 9.59 Å². The van der Waals surface area contributed by atoms with Crippen LogP contribution in [0.3, 0.4) is 0 Å². The largest absolute Gasteiger partial charge is 0.481 e. The molecule has 5 heteroatoms. The Balaban J connectivity index is 3.74. The third-order valence-corrected chi connectivity index (χ3v) is 2.69.